The lowest BCUT2D eigenvalue weighted by molar-refractivity contribution is -0.128. The number of amides is 2. The van der Waals surface area contributed by atoms with Crippen LogP contribution in [-0.4, -0.2) is 11.8 Å². The van der Waals surface area contributed by atoms with E-state index in [1.165, 1.54) is 18.2 Å². The van der Waals surface area contributed by atoms with Crippen molar-refractivity contribution in [2.24, 2.45) is 5.73 Å². The molecule has 0 heterocycles. The predicted molar refractivity (Wildman–Crippen MR) is 88.6 cm³/mol. The number of benzene rings is 2. The van der Waals surface area contributed by atoms with Gasteiger partial charge in [-0.3, -0.25) is 9.59 Å². The van der Waals surface area contributed by atoms with E-state index >= 15 is 0 Å². The molecular formula is C19H19FN2O2. The van der Waals surface area contributed by atoms with Crippen molar-refractivity contribution in [3.63, 3.8) is 0 Å². The van der Waals surface area contributed by atoms with E-state index in [1.54, 1.807) is 6.07 Å². The fraction of sp³-hybridized carbons (Fsp3) is 0.263. The van der Waals surface area contributed by atoms with E-state index in [1.807, 2.05) is 24.3 Å². The van der Waals surface area contributed by atoms with Gasteiger partial charge in [-0.1, -0.05) is 42.5 Å². The van der Waals surface area contributed by atoms with Crippen molar-refractivity contribution in [3.05, 3.63) is 71.0 Å². The summed E-state index contributed by atoms with van der Waals surface area (Å²) < 4.78 is 14.0. The van der Waals surface area contributed by atoms with Crippen molar-refractivity contribution in [3.8, 4) is 0 Å². The molecule has 2 unspecified atom stereocenters. The third kappa shape index (κ3) is 3.15. The summed E-state index contributed by atoms with van der Waals surface area (Å²) in [6.07, 6.45) is 2.54. The monoisotopic (exact) mass is 326 g/mol. The molecule has 5 heteroatoms. The SMILES string of the molecule is NC(=O)C(NC(=O)C1CCCc2ccccc21)c1ccccc1F. The zero-order valence-electron chi connectivity index (χ0n) is 13.2. The summed E-state index contributed by atoms with van der Waals surface area (Å²) in [7, 11) is 0. The van der Waals surface area contributed by atoms with Crippen LogP contribution in [0.1, 0.15) is 41.5 Å². The maximum atomic E-state index is 14.0. The first-order valence-electron chi connectivity index (χ1n) is 8.00. The smallest absolute Gasteiger partial charge is 0.244 e. The second-order valence-corrected chi connectivity index (χ2v) is 6.01. The van der Waals surface area contributed by atoms with Gasteiger partial charge in [0.25, 0.3) is 0 Å². The third-order valence-corrected chi connectivity index (χ3v) is 4.47. The van der Waals surface area contributed by atoms with Crippen LogP contribution in [-0.2, 0) is 16.0 Å². The highest BCUT2D eigenvalue weighted by Gasteiger charge is 2.30. The number of hydrogen-bond donors (Lipinski definition) is 2. The van der Waals surface area contributed by atoms with E-state index in [4.69, 9.17) is 5.73 Å². The highest BCUT2D eigenvalue weighted by atomic mass is 19.1. The summed E-state index contributed by atoms with van der Waals surface area (Å²) >= 11 is 0. The minimum atomic E-state index is -1.17. The Morgan fingerprint density at radius 1 is 1.12 bits per heavy atom. The number of halogens is 1. The van der Waals surface area contributed by atoms with Crippen molar-refractivity contribution in [2.45, 2.75) is 31.2 Å². The van der Waals surface area contributed by atoms with Gasteiger partial charge >= 0.3 is 0 Å². The second-order valence-electron chi connectivity index (χ2n) is 6.01. The summed E-state index contributed by atoms with van der Waals surface area (Å²) in [6, 6.07) is 12.4. The van der Waals surface area contributed by atoms with Gasteiger partial charge in [-0.2, -0.15) is 0 Å². The van der Waals surface area contributed by atoms with E-state index in [0.717, 1.165) is 24.0 Å². The molecule has 0 saturated heterocycles. The topological polar surface area (TPSA) is 72.2 Å². The van der Waals surface area contributed by atoms with Gasteiger partial charge in [0.15, 0.2) is 0 Å². The number of rotatable bonds is 4. The molecule has 3 N–H and O–H groups in total. The van der Waals surface area contributed by atoms with Gasteiger partial charge in [0.05, 0.1) is 5.92 Å². The second kappa shape index (κ2) is 6.83. The van der Waals surface area contributed by atoms with Crippen LogP contribution in [0.15, 0.2) is 48.5 Å². The summed E-state index contributed by atoms with van der Waals surface area (Å²) in [5, 5.41) is 2.63. The Bertz CT molecular complexity index is 775. The minimum Gasteiger partial charge on any atom is -0.368 e. The standard InChI is InChI=1S/C19H19FN2O2/c20-16-11-4-3-9-15(16)17(18(21)23)22-19(24)14-10-5-7-12-6-1-2-8-13(12)14/h1-4,6,8-9,11,14,17H,5,7,10H2,(H2,21,23)(H,22,24). The fourth-order valence-corrected chi connectivity index (χ4v) is 3.28. The molecule has 1 aliphatic rings. The van der Waals surface area contributed by atoms with Crippen LogP contribution in [0.4, 0.5) is 4.39 Å². The molecule has 2 aromatic rings. The van der Waals surface area contributed by atoms with Crippen LogP contribution in [0.3, 0.4) is 0 Å². The van der Waals surface area contributed by atoms with Crippen LogP contribution in [0.5, 0.6) is 0 Å². The zero-order valence-corrected chi connectivity index (χ0v) is 13.2. The van der Waals surface area contributed by atoms with Gasteiger partial charge in [0.1, 0.15) is 11.9 Å². The van der Waals surface area contributed by atoms with E-state index in [2.05, 4.69) is 5.32 Å². The molecule has 24 heavy (non-hydrogen) atoms. The summed E-state index contributed by atoms with van der Waals surface area (Å²) in [6.45, 7) is 0. The van der Waals surface area contributed by atoms with Crippen LogP contribution >= 0.6 is 0 Å². The maximum Gasteiger partial charge on any atom is 0.244 e. The molecule has 0 radical (unpaired) electrons. The molecule has 4 nitrogen and oxygen atoms in total. The van der Waals surface area contributed by atoms with Crippen molar-refractivity contribution < 1.29 is 14.0 Å². The van der Waals surface area contributed by atoms with Gasteiger partial charge in [-0.05, 0) is 36.5 Å². The number of nitrogens with one attached hydrogen (secondary N) is 1. The quantitative estimate of drug-likeness (QED) is 0.906. The third-order valence-electron chi connectivity index (χ3n) is 4.47. The molecule has 0 spiro atoms. The average Bonchev–Trinajstić information content (AvgIpc) is 2.59. The molecule has 0 aliphatic heterocycles. The number of aryl methyl sites for hydroxylation is 1. The normalized spacial score (nSPS) is 17.6. The first-order valence-corrected chi connectivity index (χ1v) is 8.00. The average molecular weight is 326 g/mol. The molecule has 0 saturated carbocycles. The highest BCUT2D eigenvalue weighted by Crippen LogP contribution is 2.32. The van der Waals surface area contributed by atoms with Crippen LogP contribution in [0.2, 0.25) is 0 Å². The highest BCUT2D eigenvalue weighted by molar-refractivity contribution is 5.91. The van der Waals surface area contributed by atoms with Crippen molar-refractivity contribution in [1.29, 1.82) is 0 Å². The summed E-state index contributed by atoms with van der Waals surface area (Å²) in [5.74, 6) is -1.99. The lowest BCUT2D eigenvalue weighted by Crippen LogP contribution is -2.41. The first kappa shape index (κ1) is 16.2. The molecule has 0 aromatic heterocycles. The predicted octanol–water partition coefficient (Wildman–Crippen LogP) is 2.59. The Morgan fingerprint density at radius 2 is 1.83 bits per heavy atom. The van der Waals surface area contributed by atoms with Gasteiger partial charge in [-0.15, -0.1) is 0 Å². The Kier molecular flexibility index (Phi) is 4.60. The molecule has 1 aliphatic carbocycles. The number of nitrogens with two attached hydrogens (primary N) is 1. The van der Waals surface area contributed by atoms with Crippen LogP contribution in [0, 0.1) is 5.82 Å². The number of hydrogen-bond acceptors (Lipinski definition) is 2. The molecule has 0 bridgehead atoms. The Hall–Kier alpha value is -2.69. The van der Waals surface area contributed by atoms with E-state index in [-0.39, 0.29) is 17.4 Å². The molecule has 2 atom stereocenters. The maximum absolute atomic E-state index is 14.0. The van der Waals surface area contributed by atoms with Crippen LogP contribution < -0.4 is 11.1 Å². The van der Waals surface area contributed by atoms with E-state index < -0.39 is 17.8 Å². The van der Waals surface area contributed by atoms with Crippen molar-refractivity contribution in [2.75, 3.05) is 0 Å². The van der Waals surface area contributed by atoms with Crippen molar-refractivity contribution >= 4 is 11.8 Å². The Labute approximate surface area is 139 Å². The van der Waals surface area contributed by atoms with Crippen molar-refractivity contribution in [1.82, 2.24) is 5.32 Å². The molecular weight excluding hydrogens is 307 g/mol. The summed E-state index contributed by atoms with van der Waals surface area (Å²) in [4.78, 5) is 24.5. The van der Waals surface area contributed by atoms with Gasteiger partial charge < -0.3 is 11.1 Å². The van der Waals surface area contributed by atoms with Gasteiger partial charge in [0, 0.05) is 5.56 Å². The molecule has 124 valence electrons. The minimum absolute atomic E-state index is 0.0856. The molecule has 0 fully saturated rings. The number of carbonyl (C=O) groups is 2. The lowest BCUT2D eigenvalue weighted by Gasteiger charge is -2.26. The Balaban J connectivity index is 1.86. The molecule has 3 rings (SSSR count). The Morgan fingerprint density at radius 3 is 2.58 bits per heavy atom. The summed E-state index contributed by atoms with van der Waals surface area (Å²) in [5.41, 5.74) is 7.59. The zero-order chi connectivity index (χ0) is 17.1. The lowest BCUT2D eigenvalue weighted by atomic mass is 9.82. The number of fused-ring (bicyclic) bond motifs is 1. The largest absolute Gasteiger partial charge is 0.368 e. The van der Waals surface area contributed by atoms with Crippen LogP contribution in [0.25, 0.3) is 0 Å². The molecule has 2 amide bonds. The first-order chi connectivity index (χ1) is 11.6. The molecule has 2 aromatic carbocycles. The van der Waals surface area contributed by atoms with Gasteiger partial charge in [-0.25, -0.2) is 4.39 Å². The van der Waals surface area contributed by atoms with Gasteiger partial charge in [0.2, 0.25) is 11.8 Å². The fourth-order valence-electron chi connectivity index (χ4n) is 3.28. The number of primary amides is 1. The van der Waals surface area contributed by atoms with E-state index in [9.17, 15) is 14.0 Å². The number of carbonyl (C=O) groups excluding carboxylic acids is 2. The van der Waals surface area contributed by atoms with E-state index in [0.29, 0.717) is 6.42 Å².